The van der Waals surface area contributed by atoms with Crippen LogP contribution in [0.4, 0.5) is 0 Å². The van der Waals surface area contributed by atoms with Gasteiger partial charge in [0.05, 0.1) is 0 Å². The number of pyridine rings is 1. The van der Waals surface area contributed by atoms with E-state index in [1.165, 1.54) is 5.56 Å². The quantitative estimate of drug-likeness (QED) is 0.838. The molecule has 0 saturated heterocycles. The van der Waals surface area contributed by atoms with Crippen molar-refractivity contribution in [2.75, 3.05) is 7.05 Å². The van der Waals surface area contributed by atoms with Gasteiger partial charge in [-0.25, -0.2) is 4.98 Å². The maximum absolute atomic E-state index is 4.34. The minimum atomic E-state index is 0.282. The van der Waals surface area contributed by atoms with Gasteiger partial charge in [-0.15, -0.1) is 0 Å². The van der Waals surface area contributed by atoms with Crippen molar-refractivity contribution >= 4 is 0 Å². The molecule has 0 bridgehead atoms. The van der Waals surface area contributed by atoms with Gasteiger partial charge in [-0.1, -0.05) is 0 Å². The van der Waals surface area contributed by atoms with E-state index < -0.39 is 0 Å². The van der Waals surface area contributed by atoms with E-state index >= 15 is 0 Å². The molecule has 0 radical (unpaired) electrons. The molecule has 4 nitrogen and oxygen atoms in total. The molecule has 0 aliphatic rings. The zero-order valence-corrected chi connectivity index (χ0v) is 9.59. The van der Waals surface area contributed by atoms with Crippen LogP contribution in [0.15, 0.2) is 36.9 Å². The number of aromatic nitrogens is 3. The molecule has 2 heterocycles. The Balaban J connectivity index is 2.16. The second-order valence-electron chi connectivity index (χ2n) is 3.78. The van der Waals surface area contributed by atoms with Crippen molar-refractivity contribution in [3.8, 4) is 0 Å². The van der Waals surface area contributed by atoms with Crippen LogP contribution in [0.25, 0.3) is 0 Å². The highest BCUT2D eigenvalue weighted by atomic mass is 15.0. The first-order valence-corrected chi connectivity index (χ1v) is 5.34. The van der Waals surface area contributed by atoms with Crippen LogP contribution in [0, 0.1) is 0 Å². The van der Waals surface area contributed by atoms with Crippen LogP contribution in [0.1, 0.15) is 17.4 Å². The summed E-state index contributed by atoms with van der Waals surface area (Å²) < 4.78 is 2.05. The monoisotopic (exact) mass is 216 g/mol. The normalized spacial score (nSPS) is 12.6. The Morgan fingerprint density at radius 1 is 1.31 bits per heavy atom. The standard InChI is InChI=1S/C12H16N4/c1-13-11(10-3-5-14-6-4-10)9-12-15-7-8-16(12)2/h3-8,11,13H,9H2,1-2H3. The van der Waals surface area contributed by atoms with Gasteiger partial charge in [0.1, 0.15) is 5.82 Å². The summed E-state index contributed by atoms with van der Waals surface area (Å²) in [5.41, 5.74) is 1.24. The third kappa shape index (κ3) is 2.28. The van der Waals surface area contributed by atoms with Gasteiger partial charge in [-0.2, -0.15) is 0 Å². The lowest BCUT2D eigenvalue weighted by molar-refractivity contribution is 0.563. The molecule has 2 aromatic heterocycles. The van der Waals surface area contributed by atoms with E-state index in [-0.39, 0.29) is 6.04 Å². The van der Waals surface area contributed by atoms with Crippen LogP contribution in [0.2, 0.25) is 0 Å². The summed E-state index contributed by atoms with van der Waals surface area (Å²) in [4.78, 5) is 8.36. The second-order valence-corrected chi connectivity index (χ2v) is 3.78. The van der Waals surface area contributed by atoms with Gasteiger partial charge < -0.3 is 9.88 Å². The lowest BCUT2D eigenvalue weighted by Gasteiger charge is -2.15. The zero-order chi connectivity index (χ0) is 11.4. The molecule has 1 unspecified atom stereocenters. The maximum Gasteiger partial charge on any atom is 0.110 e. The minimum absolute atomic E-state index is 0.282. The fourth-order valence-corrected chi connectivity index (χ4v) is 1.76. The molecule has 1 N–H and O–H groups in total. The Kier molecular flexibility index (Phi) is 3.31. The third-order valence-electron chi connectivity index (χ3n) is 2.76. The highest BCUT2D eigenvalue weighted by Gasteiger charge is 2.12. The van der Waals surface area contributed by atoms with E-state index in [1.807, 2.05) is 55.6 Å². The zero-order valence-electron chi connectivity index (χ0n) is 9.59. The van der Waals surface area contributed by atoms with E-state index in [9.17, 15) is 0 Å². The van der Waals surface area contributed by atoms with E-state index in [4.69, 9.17) is 0 Å². The van der Waals surface area contributed by atoms with Gasteiger partial charge in [0.2, 0.25) is 0 Å². The number of likely N-dealkylation sites (N-methyl/N-ethyl adjacent to an activating group) is 1. The summed E-state index contributed by atoms with van der Waals surface area (Å²) in [6.45, 7) is 0. The van der Waals surface area contributed by atoms with Gasteiger partial charge in [-0.3, -0.25) is 4.98 Å². The van der Waals surface area contributed by atoms with Crippen molar-refractivity contribution in [2.24, 2.45) is 7.05 Å². The molecular weight excluding hydrogens is 200 g/mol. The molecule has 2 rings (SSSR count). The Morgan fingerprint density at radius 3 is 2.62 bits per heavy atom. The first kappa shape index (κ1) is 10.8. The molecule has 2 aromatic rings. The van der Waals surface area contributed by atoms with Crippen molar-refractivity contribution in [2.45, 2.75) is 12.5 Å². The predicted octanol–water partition coefficient (Wildman–Crippen LogP) is 1.32. The van der Waals surface area contributed by atoms with Crippen molar-refractivity contribution in [1.29, 1.82) is 0 Å². The Bertz CT molecular complexity index is 435. The van der Waals surface area contributed by atoms with Crippen LogP contribution >= 0.6 is 0 Å². The van der Waals surface area contributed by atoms with E-state index in [0.717, 1.165) is 12.2 Å². The molecule has 0 aliphatic carbocycles. The fourth-order valence-electron chi connectivity index (χ4n) is 1.76. The number of hydrogen-bond acceptors (Lipinski definition) is 3. The molecule has 0 amide bonds. The lowest BCUT2D eigenvalue weighted by atomic mass is 10.1. The van der Waals surface area contributed by atoms with Gasteiger partial charge >= 0.3 is 0 Å². The summed E-state index contributed by atoms with van der Waals surface area (Å²) in [5.74, 6) is 1.08. The molecule has 0 spiro atoms. The molecule has 0 saturated carbocycles. The summed E-state index contributed by atoms with van der Waals surface area (Å²) in [5, 5.41) is 3.30. The molecule has 16 heavy (non-hydrogen) atoms. The predicted molar refractivity (Wildman–Crippen MR) is 62.9 cm³/mol. The van der Waals surface area contributed by atoms with Crippen LogP contribution in [0.5, 0.6) is 0 Å². The molecule has 1 atom stereocenters. The Morgan fingerprint density at radius 2 is 2.06 bits per heavy atom. The smallest absolute Gasteiger partial charge is 0.110 e. The Labute approximate surface area is 95.4 Å². The molecule has 4 heteroatoms. The average molecular weight is 216 g/mol. The SMILES string of the molecule is CNC(Cc1nccn1C)c1ccncc1. The topological polar surface area (TPSA) is 42.7 Å². The van der Waals surface area contributed by atoms with E-state index in [2.05, 4.69) is 15.3 Å². The number of imidazole rings is 1. The van der Waals surface area contributed by atoms with Gasteiger partial charge in [0.15, 0.2) is 0 Å². The highest BCUT2D eigenvalue weighted by Crippen LogP contribution is 2.15. The number of rotatable bonds is 4. The highest BCUT2D eigenvalue weighted by molar-refractivity contribution is 5.16. The summed E-state index contributed by atoms with van der Waals surface area (Å²) in [6.07, 6.45) is 8.31. The van der Waals surface area contributed by atoms with Crippen LogP contribution in [0.3, 0.4) is 0 Å². The van der Waals surface area contributed by atoms with Gasteiger partial charge in [0, 0.05) is 44.3 Å². The minimum Gasteiger partial charge on any atom is -0.338 e. The first-order valence-electron chi connectivity index (χ1n) is 5.34. The number of hydrogen-bond donors (Lipinski definition) is 1. The number of nitrogens with zero attached hydrogens (tertiary/aromatic N) is 3. The fraction of sp³-hybridized carbons (Fsp3) is 0.333. The Hall–Kier alpha value is -1.68. The van der Waals surface area contributed by atoms with Gasteiger partial charge in [-0.05, 0) is 24.7 Å². The van der Waals surface area contributed by atoms with Crippen molar-refractivity contribution in [1.82, 2.24) is 19.9 Å². The summed E-state index contributed by atoms with van der Waals surface area (Å²) >= 11 is 0. The second kappa shape index (κ2) is 4.90. The molecule has 0 fully saturated rings. The van der Waals surface area contributed by atoms with E-state index in [0.29, 0.717) is 0 Å². The number of aryl methyl sites for hydroxylation is 1. The lowest BCUT2D eigenvalue weighted by Crippen LogP contribution is -2.20. The average Bonchev–Trinajstić information content (AvgIpc) is 2.73. The van der Waals surface area contributed by atoms with E-state index in [1.54, 1.807) is 0 Å². The van der Waals surface area contributed by atoms with Crippen molar-refractivity contribution < 1.29 is 0 Å². The van der Waals surface area contributed by atoms with Crippen LogP contribution in [-0.4, -0.2) is 21.6 Å². The third-order valence-corrected chi connectivity index (χ3v) is 2.76. The molecule has 84 valence electrons. The van der Waals surface area contributed by atoms with Gasteiger partial charge in [0.25, 0.3) is 0 Å². The summed E-state index contributed by atoms with van der Waals surface area (Å²) in [7, 11) is 3.98. The first-order chi connectivity index (χ1) is 7.81. The molecular formula is C12H16N4. The van der Waals surface area contributed by atoms with Crippen molar-refractivity contribution in [3.05, 3.63) is 48.3 Å². The van der Waals surface area contributed by atoms with Crippen molar-refractivity contribution in [3.63, 3.8) is 0 Å². The van der Waals surface area contributed by atoms with Crippen LogP contribution in [-0.2, 0) is 13.5 Å². The molecule has 0 aliphatic heterocycles. The maximum atomic E-state index is 4.34. The summed E-state index contributed by atoms with van der Waals surface area (Å²) in [6, 6.07) is 4.35. The molecule has 0 aromatic carbocycles. The van der Waals surface area contributed by atoms with Crippen LogP contribution < -0.4 is 5.32 Å². The number of nitrogens with one attached hydrogen (secondary N) is 1. The largest absolute Gasteiger partial charge is 0.338 e.